The molecule has 1 atom stereocenters. The third-order valence-corrected chi connectivity index (χ3v) is 3.27. The molecular weight excluding hydrogens is 269 g/mol. The molecule has 0 aromatic heterocycles. The van der Waals surface area contributed by atoms with Crippen molar-refractivity contribution in [1.29, 1.82) is 0 Å². The predicted molar refractivity (Wildman–Crippen MR) is 81.3 cm³/mol. The van der Waals surface area contributed by atoms with E-state index < -0.39 is 0 Å². The fourth-order valence-corrected chi connectivity index (χ4v) is 2.11. The number of nitrogen functional groups attached to an aromatic ring is 1. The van der Waals surface area contributed by atoms with Crippen LogP contribution in [0.25, 0.3) is 0 Å². The zero-order chi connectivity index (χ0) is 15.4. The number of carbonyl (C=O) groups is 1. The van der Waals surface area contributed by atoms with Crippen LogP contribution in [0.3, 0.4) is 0 Å². The molecule has 110 valence electrons. The van der Waals surface area contributed by atoms with Crippen LogP contribution in [0.4, 0.5) is 10.1 Å². The van der Waals surface area contributed by atoms with Crippen molar-refractivity contribution in [2.75, 3.05) is 5.43 Å². The van der Waals surface area contributed by atoms with Gasteiger partial charge in [-0.15, -0.1) is 0 Å². The van der Waals surface area contributed by atoms with Gasteiger partial charge in [-0.25, -0.2) is 4.39 Å². The standard InChI is InChI=1S/C16H18FN3O/c1-10-6-7-15(20-18)14(8-10)16(21)19-11(2)12-4-3-5-13(17)9-12/h3-9,11,20H,18H2,1-2H3,(H,19,21). The Morgan fingerprint density at radius 2 is 2.00 bits per heavy atom. The van der Waals surface area contributed by atoms with E-state index in [1.165, 1.54) is 12.1 Å². The van der Waals surface area contributed by atoms with Gasteiger partial charge < -0.3 is 10.7 Å². The van der Waals surface area contributed by atoms with Gasteiger partial charge in [-0.1, -0.05) is 23.8 Å². The number of aryl methyl sites for hydroxylation is 1. The van der Waals surface area contributed by atoms with E-state index in [1.54, 1.807) is 31.2 Å². The molecule has 0 saturated carbocycles. The molecule has 2 aromatic rings. The Labute approximate surface area is 123 Å². The van der Waals surface area contributed by atoms with Crippen molar-refractivity contribution < 1.29 is 9.18 Å². The molecule has 0 heterocycles. The zero-order valence-corrected chi connectivity index (χ0v) is 12.0. The van der Waals surface area contributed by atoms with Crippen LogP contribution in [-0.2, 0) is 0 Å². The lowest BCUT2D eigenvalue weighted by molar-refractivity contribution is 0.0940. The lowest BCUT2D eigenvalue weighted by atomic mass is 10.1. The molecule has 0 spiro atoms. The second-order valence-electron chi connectivity index (χ2n) is 4.94. The van der Waals surface area contributed by atoms with Gasteiger partial charge in [-0.05, 0) is 43.7 Å². The van der Waals surface area contributed by atoms with Crippen LogP contribution < -0.4 is 16.6 Å². The number of hydrogen-bond acceptors (Lipinski definition) is 3. The van der Waals surface area contributed by atoms with Crippen LogP contribution in [0.5, 0.6) is 0 Å². The molecule has 4 N–H and O–H groups in total. The molecule has 1 amide bonds. The van der Waals surface area contributed by atoms with E-state index in [9.17, 15) is 9.18 Å². The first-order chi connectivity index (χ1) is 10.0. The van der Waals surface area contributed by atoms with Gasteiger partial charge in [0.1, 0.15) is 5.82 Å². The normalized spacial score (nSPS) is 11.8. The number of benzene rings is 2. The summed E-state index contributed by atoms with van der Waals surface area (Å²) < 4.78 is 13.2. The number of nitrogens with two attached hydrogens (primary N) is 1. The Bertz CT molecular complexity index is 658. The minimum Gasteiger partial charge on any atom is -0.345 e. The van der Waals surface area contributed by atoms with E-state index >= 15 is 0 Å². The number of carbonyl (C=O) groups excluding carboxylic acids is 1. The molecular formula is C16H18FN3O. The summed E-state index contributed by atoms with van der Waals surface area (Å²) in [4.78, 5) is 12.3. The van der Waals surface area contributed by atoms with Crippen LogP contribution in [0.1, 0.15) is 34.5 Å². The Kier molecular flexibility index (Phi) is 4.55. The molecule has 0 radical (unpaired) electrons. The van der Waals surface area contributed by atoms with Gasteiger partial charge in [0, 0.05) is 0 Å². The van der Waals surface area contributed by atoms with Crippen molar-refractivity contribution in [2.45, 2.75) is 19.9 Å². The number of halogens is 1. The summed E-state index contributed by atoms with van der Waals surface area (Å²) in [6.07, 6.45) is 0. The first-order valence-electron chi connectivity index (χ1n) is 6.65. The molecule has 4 nitrogen and oxygen atoms in total. The van der Waals surface area contributed by atoms with Crippen molar-refractivity contribution in [3.63, 3.8) is 0 Å². The quantitative estimate of drug-likeness (QED) is 0.598. The molecule has 0 aliphatic heterocycles. The van der Waals surface area contributed by atoms with Gasteiger partial charge in [0.05, 0.1) is 17.3 Å². The maximum absolute atomic E-state index is 13.2. The number of amides is 1. The van der Waals surface area contributed by atoms with Crippen molar-refractivity contribution >= 4 is 11.6 Å². The van der Waals surface area contributed by atoms with Crippen molar-refractivity contribution in [3.8, 4) is 0 Å². The van der Waals surface area contributed by atoms with Crippen molar-refractivity contribution in [3.05, 3.63) is 65.0 Å². The highest BCUT2D eigenvalue weighted by Crippen LogP contribution is 2.19. The molecule has 0 aliphatic carbocycles. The van der Waals surface area contributed by atoms with Gasteiger partial charge in [0.2, 0.25) is 0 Å². The summed E-state index contributed by atoms with van der Waals surface area (Å²) in [5, 5.41) is 2.84. The van der Waals surface area contributed by atoms with Gasteiger partial charge in [-0.3, -0.25) is 10.6 Å². The third kappa shape index (κ3) is 3.58. The Hall–Kier alpha value is -2.40. The van der Waals surface area contributed by atoms with E-state index in [2.05, 4.69) is 10.7 Å². The summed E-state index contributed by atoms with van der Waals surface area (Å²) in [6, 6.07) is 11.2. The molecule has 0 aliphatic rings. The summed E-state index contributed by atoms with van der Waals surface area (Å²) in [7, 11) is 0. The molecule has 0 bridgehead atoms. The Balaban J connectivity index is 2.20. The predicted octanol–water partition coefficient (Wildman–Crippen LogP) is 2.91. The van der Waals surface area contributed by atoms with Gasteiger partial charge >= 0.3 is 0 Å². The van der Waals surface area contributed by atoms with Crippen LogP contribution >= 0.6 is 0 Å². The smallest absolute Gasteiger partial charge is 0.253 e. The van der Waals surface area contributed by atoms with E-state index in [4.69, 9.17) is 5.84 Å². The lowest BCUT2D eigenvalue weighted by Crippen LogP contribution is -2.28. The largest absolute Gasteiger partial charge is 0.345 e. The zero-order valence-electron chi connectivity index (χ0n) is 12.0. The lowest BCUT2D eigenvalue weighted by Gasteiger charge is -2.16. The topological polar surface area (TPSA) is 67.1 Å². The number of anilines is 1. The van der Waals surface area contributed by atoms with Crippen molar-refractivity contribution in [1.82, 2.24) is 5.32 Å². The van der Waals surface area contributed by atoms with E-state index in [0.29, 0.717) is 16.8 Å². The molecule has 1 unspecified atom stereocenters. The second kappa shape index (κ2) is 6.37. The fraction of sp³-hybridized carbons (Fsp3) is 0.188. The van der Waals surface area contributed by atoms with E-state index in [0.717, 1.165) is 5.56 Å². The minimum atomic E-state index is -0.325. The summed E-state index contributed by atoms with van der Waals surface area (Å²) in [5.74, 6) is 4.83. The fourth-order valence-electron chi connectivity index (χ4n) is 2.11. The Morgan fingerprint density at radius 1 is 1.24 bits per heavy atom. The van der Waals surface area contributed by atoms with Crippen molar-refractivity contribution in [2.24, 2.45) is 5.84 Å². The number of hydrazine groups is 1. The van der Waals surface area contributed by atoms with Crippen LogP contribution in [-0.4, -0.2) is 5.91 Å². The highest BCUT2D eigenvalue weighted by atomic mass is 19.1. The Morgan fingerprint density at radius 3 is 2.67 bits per heavy atom. The highest BCUT2D eigenvalue weighted by molar-refractivity contribution is 5.99. The summed E-state index contributed by atoms with van der Waals surface area (Å²) in [5.41, 5.74) is 5.17. The maximum atomic E-state index is 13.2. The van der Waals surface area contributed by atoms with Gasteiger partial charge in [0.25, 0.3) is 5.91 Å². The van der Waals surface area contributed by atoms with Crippen LogP contribution in [0, 0.1) is 12.7 Å². The number of rotatable bonds is 4. The number of nitrogens with one attached hydrogen (secondary N) is 2. The van der Waals surface area contributed by atoms with E-state index in [-0.39, 0.29) is 17.8 Å². The SMILES string of the molecule is Cc1ccc(NN)c(C(=O)NC(C)c2cccc(F)c2)c1. The summed E-state index contributed by atoms with van der Waals surface area (Å²) in [6.45, 7) is 3.70. The highest BCUT2D eigenvalue weighted by Gasteiger charge is 2.15. The second-order valence-corrected chi connectivity index (χ2v) is 4.94. The first kappa shape index (κ1) is 15.0. The van der Waals surface area contributed by atoms with Gasteiger partial charge in [0.15, 0.2) is 0 Å². The molecule has 5 heteroatoms. The molecule has 21 heavy (non-hydrogen) atoms. The van der Waals surface area contributed by atoms with Gasteiger partial charge in [-0.2, -0.15) is 0 Å². The first-order valence-corrected chi connectivity index (χ1v) is 6.65. The molecule has 2 rings (SSSR count). The number of hydrogen-bond donors (Lipinski definition) is 3. The minimum absolute atomic E-state index is 0.261. The van der Waals surface area contributed by atoms with Crippen LogP contribution in [0.15, 0.2) is 42.5 Å². The maximum Gasteiger partial charge on any atom is 0.253 e. The summed E-state index contributed by atoms with van der Waals surface area (Å²) >= 11 is 0. The average Bonchev–Trinajstić information content (AvgIpc) is 2.47. The molecule has 2 aromatic carbocycles. The molecule has 0 saturated heterocycles. The van der Waals surface area contributed by atoms with Crippen LogP contribution in [0.2, 0.25) is 0 Å². The molecule has 0 fully saturated rings. The van der Waals surface area contributed by atoms with E-state index in [1.807, 2.05) is 13.0 Å². The average molecular weight is 287 g/mol. The monoisotopic (exact) mass is 287 g/mol. The third-order valence-electron chi connectivity index (χ3n) is 3.27.